The SMILES string of the molecule is CC(C(=O)O)c1nc(N)c2cc(F)ccc2n1. The van der Waals surface area contributed by atoms with Crippen molar-refractivity contribution in [1.29, 1.82) is 0 Å². The summed E-state index contributed by atoms with van der Waals surface area (Å²) < 4.78 is 13.0. The van der Waals surface area contributed by atoms with E-state index in [-0.39, 0.29) is 11.6 Å². The molecule has 0 spiro atoms. The van der Waals surface area contributed by atoms with Crippen molar-refractivity contribution in [3.05, 3.63) is 29.8 Å². The molecule has 0 aliphatic carbocycles. The predicted molar refractivity (Wildman–Crippen MR) is 60.0 cm³/mol. The van der Waals surface area contributed by atoms with Crippen molar-refractivity contribution < 1.29 is 14.3 Å². The molecule has 0 amide bonds. The Morgan fingerprint density at radius 2 is 2.18 bits per heavy atom. The molecule has 0 saturated heterocycles. The average Bonchev–Trinajstić information content (AvgIpc) is 2.28. The number of fused-ring (bicyclic) bond motifs is 1. The summed E-state index contributed by atoms with van der Waals surface area (Å²) in [5.74, 6) is -2.13. The zero-order chi connectivity index (χ0) is 12.6. The third-order valence-electron chi connectivity index (χ3n) is 2.46. The topological polar surface area (TPSA) is 89.1 Å². The van der Waals surface area contributed by atoms with E-state index in [1.54, 1.807) is 0 Å². The lowest BCUT2D eigenvalue weighted by Crippen LogP contribution is -2.12. The zero-order valence-corrected chi connectivity index (χ0v) is 9.01. The van der Waals surface area contributed by atoms with Crippen molar-refractivity contribution in [2.24, 2.45) is 0 Å². The standard InChI is InChI=1S/C11H10FN3O2/c1-5(11(16)17)10-14-8-3-2-6(12)4-7(8)9(13)15-10/h2-5H,1H3,(H,16,17)(H2,13,14,15). The highest BCUT2D eigenvalue weighted by molar-refractivity contribution is 5.88. The largest absolute Gasteiger partial charge is 0.481 e. The Bertz CT molecular complexity index is 601. The molecule has 2 aromatic rings. The lowest BCUT2D eigenvalue weighted by molar-refractivity contribution is -0.138. The quantitative estimate of drug-likeness (QED) is 0.824. The molecule has 1 aromatic heterocycles. The first-order chi connectivity index (χ1) is 7.99. The van der Waals surface area contributed by atoms with Gasteiger partial charge in [0.05, 0.1) is 5.52 Å². The molecule has 0 aliphatic heterocycles. The molecule has 88 valence electrons. The fourth-order valence-electron chi connectivity index (χ4n) is 1.45. The van der Waals surface area contributed by atoms with E-state index in [9.17, 15) is 9.18 Å². The second-order valence-electron chi connectivity index (χ2n) is 3.69. The van der Waals surface area contributed by atoms with E-state index in [2.05, 4.69) is 9.97 Å². The second kappa shape index (κ2) is 3.97. The van der Waals surface area contributed by atoms with Crippen LogP contribution >= 0.6 is 0 Å². The van der Waals surface area contributed by atoms with Crippen LogP contribution in [0, 0.1) is 5.82 Å². The summed E-state index contributed by atoms with van der Waals surface area (Å²) in [6.07, 6.45) is 0. The maximum absolute atomic E-state index is 13.0. The Balaban J connectivity index is 2.63. The molecule has 1 heterocycles. The highest BCUT2D eigenvalue weighted by Crippen LogP contribution is 2.21. The molecule has 6 heteroatoms. The summed E-state index contributed by atoms with van der Waals surface area (Å²) in [6, 6.07) is 3.91. The van der Waals surface area contributed by atoms with Crippen LogP contribution < -0.4 is 5.73 Å². The van der Waals surface area contributed by atoms with E-state index in [1.807, 2.05) is 0 Å². The first-order valence-electron chi connectivity index (χ1n) is 4.94. The molecule has 1 aromatic carbocycles. The van der Waals surface area contributed by atoms with Crippen LogP contribution in [0.25, 0.3) is 10.9 Å². The number of nitrogens with zero attached hydrogens (tertiary/aromatic N) is 2. The van der Waals surface area contributed by atoms with Gasteiger partial charge in [0.15, 0.2) is 0 Å². The minimum absolute atomic E-state index is 0.0811. The molecule has 0 fully saturated rings. The van der Waals surface area contributed by atoms with Gasteiger partial charge in [0.2, 0.25) is 0 Å². The molecule has 0 aliphatic rings. The van der Waals surface area contributed by atoms with E-state index < -0.39 is 17.7 Å². The zero-order valence-electron chi connectivity index (χ0n) is 9.01. The number of hydrogen-bond acceptors (Lipinski definition) is 4. The van der Waals surface area contributed by atoms with Crippen LogP contribution in [0.5, 0.6) is 0 Å². The average molecular weight is 235 g/mol. The summed E-state index contributed by atoms with van der Waals surface area (Å²) in [4.78, 5) is 18.8. The summed E-state index contributed by atoms with van der Waals surface area (Å²) in [5.41, 5.74) is 6.09. The van der Waals surface area contributed by atoms with Crippen molar-refractivity contribution >= 4 is 22.7 Å². The third-order valence-corrected chi connectivity index (χ3v) is 2.46. The number of nitrogen functional groups attached to an aromatic ring is 1. The molecule has 3 N–H and O–H groups in total. The van der Waals surface area contributed by atoms with Crippen LogP contribution in [0.15, 0.2) is 18.2 Å². The van der Waals surface area contributed by atoms with Crippen LogP contribution in [0.2, 0.25) is 0 Å². The Labute approximate surface area is 96.1 Å². The summed E-state index contributed by atoms with van der Waals surface area (Å²) in [7, 11) is 0. The Morgan fingerprint density at radius 3 is 2.82 bits per heavy atom. The number of aromatic nitrogens is 2. The van der Waals surface area contributed by atoms with Crippen LogP contribution in [0.3, 0.4) is 0 Å². The van der Waals surface area contributed by atoms with E-state index in [0.29, 0.717) is 10.9 Å². The molecule has 0 saturated carbocycles. The van der Waals surface area contributed by atoms with E-state index in [0.717, 1.165) is 0 Å². The summed E-state index contributed by atoms with van der Waals surface area (Å²) in [6.45, 7) is 1.46. The van der Waals surface area contributed by atoms with E-state index in [1.165, 1.54) is 25.1 Å². The van der Waals surface area contributed by atoms with Gasteiger partial charge in [-0.15, -0.1) is 0 Å². The third kappa shape index (κ3) is 2.01. The van der Waals surface area contributed by atoms with Gasteiger partial charge in [-0.05, 0) is 25.1 Å². The fraction of sp³-hybridized carbons (Fsp3) is 0.182. The van der Waals surface area contributed by atoms with Gasteiger partial charge in [-0.1, -0.05) is 0 Å². The van der Waals surface area contributed by atoms with Gasteiger partial charge in [-0.25, -0.2) is 14.4 Å². The molecule has 1 unspecified atom stereocenters. The van der Waals surface area contributed by atoms with Gasteiger partial charge >= 0.3 is 5.97 Å². The normalized spacial score (nSPS) is 12.6. The van der Waals surface area contributed by atoms with Gasteiger partial charge in [0.25, 0.3) is 0 Å². The minimum Gasteiger partial charge on any atom is -0.481 e. The van der Waals surface area contributed by atoms with E-state index in [4.69, 9.17) is 10.8 Å². The molecule has 5 nitrogen and oxygen atoms in total. The minimum atomic E-state index is -1.04. The number of halogens is 1. The van der Waals surface area contributed by atoms with Crippen LogP contribution in [0.4, 0.5) is 10.2 Å². The highest BCUT2D eigenvalue weighted by Gasteiger charge is 2.18. The number of carbonyl (C=O) groups is 1. The maximum atomic E-state index is 13.0. The Hall–Kier alpha value is -2.24. The predicted octanol–water partition coefficient (Wildman–Crippen LogP) is 1.54. The fourth-order valence-corrected chi connectivity index (χ4v) is 1.45. The molecule has 0 bridgehead atoms. The van der Waals surface area contributed by atoms with Gasteiger partial charge in [0, 0.05) is 5.39 Å². The summed E-state index contributed by atoms with van der Waals surface area (Å²) >= 11 is 0. The Kier molecular flexibility index (Phi) is 2.63. The van der Waals surface area contributed by atoms with Gasteiger partial charge in [-0.2, -0.15) is 0 Å². The van der Waals surface area contributed by atoms with Crippen molar-refractivity contribution in [1.82, 2.24) is 9.97 Å². The van der Waals surface area contributed by atoms with Crippen molar-refractivity contribution in [2.45, 2.75) is 12.8 Å². The monoisotopic (exact) mass is 235 g/mol. The number of anilines is 1. The molecular formula is C11H10FN3O2. The second-order valence-corrected chi connectivity index (χ2v) is 3.69. The number of nitrogens with two attached hydrogens (primary N) is 1. The molecular weight excluding hydrogens is 225 g/mol. The number of benzene rings is 1. The number of rotatable bonds is 2. The lowest BCUT2D eigenvalue weighted by atomic mass is 10.1. The number of aliphatic carboxylic acids is 1. The van der Waals surface area contributed by atoms with Crippen LogP contribution in [-0.2, 0) is 4.79 Å². The number of carboxylic acids is 1. The van der Waals surface area contributed by atoms with Crippen molar-refractivity contribution in [3.8, 4) is 0 Å². The van der Waals surface area contributed by atoms with E-state index >= 15 is 0 Å². The molecule has 1 atom stereocenters. The number of hydrogen-bond donors (Lipinski definition) is 2. The molecule has 0 radical (unpaired) electrons. The first kappa shape index (κ1) is 11.3. The Morgan fingerprint density at radius 1 is 1.47 bits per heavy atom. The van der Waals surface area contributed by atoms with Gasteiger partial charge in [-0.3, -0.25) is 4.79 Å². The highest BCUT2D eigenvalue weighted by atomic mass is 19.1. The van der Waals surface area contributed by atoms with Crippen molar-refractivity contribution in [3.63, 3.8) is 0 Å². The van der Waals surface area contributed by atoms with Crippen LogP contribution in [0.1, 0.15) is 18.7 Å². The van der Waals surface area contributed by atoms with Crippen molar-refractivity contribution in [2.75, 3.05) is 5.73 Å². The van der Waals surface area contributed by atoms with Gasteiger partial charge < -0.3 is 10.8 Å². The number of carboxylic acid groups (broad SMARTS) is 1. The van der Waals surface area contributed by atoms with Crippen LogP contribution in [-0.4, -0.2) is 21.0 Å². The maximum Gasteiger partial charge on any atom is 0.313 e. The molecule has 2 rings (SSSR count). The first-order valence-corrected chi connectivity index (χ1v) is 4.94. The molecule has 17 heavy (non-hydrogen) atoms. The smallest absolute Gasteiger partial charge is 0.313 e. The summed E-state index contributed by atoms with van der Waals surface area (Å²) in [5, 5.41) is 9.24. The lowest BCUT2D eigenvalue weighted by Gasteiger charge is -2.08. The van der Waals surface area contributed by atoms with Gasteiger partial charge in [0.1, 0.15) is 23.4 Å².